The van der Waals surface area contributed by atoms with Crippen LogP contribution in [0.3, 0.4) is 0 Å². The van der Waals surface area contributed by atoms with Crippen molar-refractivity contribution in [3.8, 4) is 5.75 Å². The Morgan fingerprint density at radius 3 is 2.64 bits per heavy atom. The van der Waals surface area contributed by atoms with Crippen LogP contribution in [-0.4, -0.2) is 36.0 Å². The quantitative estimate of drug-likeness (QED) is 0.873. The van der Waals surface area contributed by atoms with Crippen molar-refractivity contribution in [2.75, 3.05) is 13.1 Å². The second-order valence-corrected chi connectivity index (χ2v) is 6.75. The van der Waals surface area contributed by atoms with E-state index in [0.717, 1.165) is 37.2 Å². The molecule has 0 aliphatic carbocycles. The number of amides is 1. The maximum atomic E-state index is 12.5. The van der Waals surface area contributed by atoms with Gasteiger partial charge in [0.25, 0.3) is 5.91 Å². The Morgan fingerprint density at radius 2 is 1.96 bits per heavy atom. The molecular weight excluding hydrogens is 316 g/mol. The van der Waals surface area contributed by atoms with Gasteiger partial charge in [-0.1, -0.05) is 18.2 Å². The SMILES string of the molecule is CC(C)N1CCC(NC(=O)c2occc2COc2ccccc2)CC1. The molecule has 1 fully saturated rings. The lowest BCUT2D eigenvalue weighted by Gasteiger charge is -2.34. The maximum absolute atomic E-state index is 12.5. The molecule has 1 N–H and O–H groups in total. The van der Waals surface area contributed by atoms with Crippen molar-refractivity contribution in [3.05, 3.63) is 54.0 Å². The zero-order valence-electron chi connectivity index (χ0n) is 14.9. The number of furan rings is 1. The molecule has 5 heteroatoms. The van der Waals surface area contributed by atoms with Gasteiger partial charge in [-0.25, -0.2) is 0 Å². The van der Waals surface area contributed by atoms with Gasteiger partial charge in [0, 0.05) is 30.7 Å². The van der Waals surface area contributed by atoms with Gasteiger partial charge in [-0.15, -0.1) is 0 Å². The van der Waals surface area contributed by atoms with Crippen molar-refractivity contribution in [2.24, 2.45) is 0 Å². The highest BCUT2D eigenvalue weighted by Gasteiger charge is 2.24. The topological polar surface area (TPSA) is 54.7 Å². The minimum Gasteiger partial charge on any atom is -0.489 e. The summed E-state index contributed by atoms with van der Waals surface area (Å²) in [6, 6.07) is 12.1. The molecule has 1 saturated heterocycles. The number of likely N-dealkylation sites (tertiary alicyclic amines) is 1. The second-order valence-electron chi connectivity index (χ2n) is 6.75. The Morgan fingerprint density at radius 1 is 1.24 bits per heavy atom. The molecular formula is C20H26N2O3. The maximum Gasteiger partial charge on any atom is 0.287 e. The zero-order valence-corrected chi connectivity index (χ0v) is 14.9. The largest absolute Gasteiger partial charge is 0.489 e. The summed E-state index contributed by atoms with van der Waals surface area (Å²) in [7, 11) is 0. The Balaban J connectivity index is 1.54. The molecule has 1 aliphatic rings. The van der Waals surface area contributed by atoms with E-state index in [4.69, 9.17) is 9.15 Å². The third kappa shape index (κ3) is 4.63. The van der Waals surface area contributed by atoms with E-state index in [2.05, 4.69) is 24.1 Å². The molecule has 1 amide bonds. The van der Waals surface area contributed by atoms with Crippen LogP contribution in [0.15, 0.2) is 47.1 Å². The second kappa shape index (κ2) is 8.21. The summed E-state index contributed by atoms with van der Waals surface area (Å²) < 4.78 is 11.1. The van der Waals surface area contributed by atoms with E-state index in [0.29, 0.717) is 18.4 Å². The average Bonchev–Trinajstić information content (AvgIpc) is 3.10. The number of hydrogen-bond donors (Lipinski definition) is 1. The summed E-state index contributed by atoms with van der Waals surface area (Å²) in [6.07, 6.45) is 3.49. The number of nitrogens with one attached hydrogen (secondary N) is 1. The predicted octanol–water partition coefficient (Wildman–Crippen LogP) is 3.46. The molecule has 5 nitrogen and oxygen atoms in total. The van der Waals surface area contributed by atoms with Crippen molar-refractivity contribution < 1.29 is 13.9 Å². The fraction of sp³-hybridized carbons (Fsp3) is 0.450. The van der Waals surface area contributed by atoms with Gasteiger partial charge in [0.1, 0.15) is 12.4 Å². The van der Waals surface area contributed by atoms with Crippen molar-refractivity contribution in [3.63, 3.8) is 0 Å². The van der Waals surface area contributed by atoms with Gasteiger partial charge < -0.3 is 19.4 Å². The van der Waals surface area contributed by atoms with Gasteiger partial charge >= 0.3 is 0 Å². The monoisotopic (exact) mass is 342 g/mol. The van der Waals surface area contributed by atoms with E-state index >= 15 is 0 Å². The molecule has 2 aromatic rings. The Hall–Kier alpha value is -2.27. The van der Waals surface area contributed by atoms with Crippen LogP contribution in [0.2, 0.25) is 0 Å². The zero-order chi connectivity index (χ0) is 17.6. The van der Waals surface area contributed by atoms with Gasteiger partial charge in [-0.3, -0.25) is 4.79 Å². The van der Waals surface area contributed by atoms with Gasteiger partial charge in [0.2, 0.25) is 0 Å². The first-order valence-corrected chi connectivity index (χ1v) is 8.92. The van der Waals surface area contributed by atoms with E-state index in [1.807, 2.05) is 30.3 Å². The van der Waals surface area contributed by atoms with E-state index in [1.165, 1.54) is 0 Å². The number of carbonyl (C=O) groups excluding carboxylic acids is 1. The summed E-state index contributed by atoms with van der Waals surface area (Å²) in [5.74, 6) is 0.970. The fourth-order valence-electron chi connectivity index (χ4n) is 3.14. The molecule has 2 heterocycles. The summed E-state index contributed by atoms with van der Waals surface area (Å²) in [4.78, 5) is 15.0. The lowest BCUT2D eigenvalue weighted by Crippen LogP contribution is -2.46. The average molecular weight is 342 g/mol. The number of para-hydroxylation sites is 1. The van der Waals surface area contributed by atoms with E-state index in [-0.39, 0.29) is 11.9 Å². The predicted molar refractivity (Wildman–Crippen MR) is 96.7 cm³/mol. The molecule has 0 radical (unpaired) electrons. The van der Waals surface area contributed by atoms with Crippen LogP contribution in [0.4, 0.5) is 0 Å². The summed E-state index contributed by atoms with van der Waals surface area (Å²) >= 11 is 0. The normalized spacial score (nSPS) is 16.1. The molecule has 1 aromatic carbocycles. The van der Waals surface area contributed by atoms with Crippen LogP contribution in [-0.2, 0) is 6.61 Å². The first-order chi connectivity index (χ1) is 12.1. The van der Waals surface area contributed by atoms with Crippen LogP contribution in [0, 0.1) is 0 Å². The molecule has 3 rings (SSSR count). The van der Waals surface area contributed by atoms with Crippen LogP contribution in [0.5, 0.6) is 5.75 Å². The number of carbonyl (C=O) groups is 1. The van der Waals surface area contributed by atoms with Crippen LogP contribution < -0.4 is 10.1 Å². The molecule has 134 valence electrons. The molecule has 0 bridgehead atoms. The van der Waals surface area contributed by atoms with Gasteiger partial charge in [-0.05, 0) is 44.9 Å². The number of benzene rings is 1. The highest BCUT2D eigenvalue weighted by Crippen LogP contribution is 2.18. The molecule has 1 aliphatic heterocycles. The summed E-state index contributed by atoms with van der Waals surface area (Å²) in [5, 5.41) is 3.10. The van der Waals surface area contributed by atoms with Crippen molar-refractivity contribution in [1.29, 1.82) is 0 Å². The molecule has 0 saturated carbocycles. The molecule has 0 unspecified atom stereocenters. The standard InChI is InChI=1S/C20H26N2O3/c1-15(2)22-11-8-17(9-12-22)21-20(23)19-16(10-13-24-19)14-25-18-6-4-3-5-7-18/h3-7,10,13,15,17H,8-9,11-12,14H2,1-2H3,(H,21,23). The van der Waals surface area contributed by atoms with E-state index in [1.54, 1.807) is 12.3 Å². The van der Waals surface area contributed by atoms with Crippen LogP contribution in [0.1, 0.15) is 42.8 Å². The van der Waals surface area contributed by atoms with Crippen molar-refractivity contribution >= 4 is 5.91 Å². The van der Waals surface area contributed by atoms with E-state index < -0.39 is 0 Å². The highest BCUT2D eigenvalue weighted by atomic mass is 16.5. The number of ether oxygens (including phenoxy) is 1. The lowest BCUT2D eigenvalue weighted by atomic mass is 10.0. The number of rotatable bonds is 6. The van der Waals surface area contributed by atoms with Gasteiger partial charge in [-0.2, -0.15) is 0 Å². The van der Waals surface area contributed by atoms with Gasteiger partial charge in [0.15, 0.2) is 5.76 Å². The first kappa shape index (κ1) is 17.5. The van der Waals surface area contributed by atoms with Crippen LogP contribution >= 0.6 is 0 Å². The fourth-order valence-corrected chi connectivity index (χ4v) is 3.14. The van der Waals surface area contributed by atoms with Crippen LogP contribution in [0.25, 0.3) is 0 Å². The van der Waals surface area contributed by atoms with Crippen molar-refractivity contribution in [2.45, 2.75) is 45.4 Å². The summed E-state index contributed by atoms with van der Waals surface area (Å²) in [6.45, 7) is 6.77. The van der Waals surface area contributed by atoms with E-state index in [9.17, 15) is 4.79 Å². The smallest absolute Gasteiger partial charge is 0.287 e. The number of piperidine rings is 1. The van der Waals surface area contributed by atoms with Crippen molar-refractivity contribution in [1.82, 2.24) is 10.2 Å². The highest BCUT2D eigenvalue weighted by molar-refractivity contribution is 5.93. The Bertz CT molecular complexity index is 673. The number of hydrogen-bond acceptors (Lipinski definition) is 4. The minimum absolute atomic E-state index is 0.153. The molecule has 1 aromatic heterocycles. The Labute approximate surface area is 149 Å². The summed E-state index contributed by atoms with van der Waals surface area (Å²) in [5.41, 5.74) is 0.765. The Kier molecular flexibility index (Phi) is 5.76. The third-order valence-electron chi connectivity index (χ3n) is 4.69. The molecule has 0 spiro atoms. The van der Waals surface area contributed by atoms with Gasteiger partial charge in [0.05, 0.1) is 6.26 Å². The third-order valence-corrected chi connectivity index (χ3v) is 4.69. The molecule has 25 heavy (non-hydrogen) atoms. The lowest BCUT2D eigenvalue weighted by molar-refractivity contribution is 0.0869. The minimum atomic E-state index is -0.153. The first-order valence-electron chi connectivity index (χ1n) is 8.92. The number of nitrogens with zero attached hydrogens (tertiary/aromatic N) is 1. The molecule has 0 atom stereocenters.